The molecule has 2 aromatic rings. The highest BCUT2D eigenvalue weighted by atomic mass is 16.5. The quantitative estimate of drug-likeness (QED) is 0.274. The number of guanidine groups is 1. The molecule has 0 bridgehead atoms. The molecule has 0 unspecified atom stereocenters. The number of hydrogen-bond acceptors (Lipinski definition) is 4. The molecule has 0 aliphatic rings. The molecule has 0 spiro atoms. The van der Waals surface area contributed by atoms with E-state index in [0.29, 0.717) is 30.5 Å². The molecule has 174 valence electrons. The van der Waals surface area contributed by atoms with Crippen LogP contribution in [-0.2, 0) is 17.9 Å². The molecule has 1 amide bonds. The predicted octanol–water partition coefficient (Wildman–Crippen LogP) is 4.40. The molecule has 0 aliphatic carbocycles. The predicted molar refractivity (Wildman–Crippen MR) is 131 cm³/mol. The van der Waals surface area contributed by atoms with Gasteiger partial charge >= 0.3 is 0 Å². The number of nitrogens with one attached hydrogen (secondary N) is 3. The summed E-state index contributed by atoms with van der Waals surface area (Å²) in [6, 6.07) is 11.9. The Bertz CT molecular complexity index is 912. The van der Waals surface area contributed by atoms with Gasteiger partial charge in [-0.25, -0.2) is 0 Å². The van der Waals surface area contributed by atoms with Gasteiger partial charge in [0.1, 0.15) is 11.5 Å². The largest absolute Gasteiger partial charge is 0.495 e. The van der Waals surface area contributed by atoms with Crippen LogP contribution in [0.1, 0.15) is 49.8 Å². The van der Waals surface area contributed by atoms with E-state index < -0.39 is 0 Å². The van der Waals surface area contributed by atoms with Gasteiger partial charge in [-0.2, -0.15) is 0 Å². The van der Waals surface area contributed by atoms with Gasteiger partial charge in [0.15, 0.2) is 5.96 Å². The minimum atomic E-state index is -0.142. The molecule has 0 radical (unpaired) electrons. The van der Waals surface area contributed by atoms with Gasteiger partial charge in [-0.05, 0) is 42.7 Å². The molecule has 0 atom stereocenters. The highest BCUT2D eigenvalue weighted by molar-refractivity contribution is 5.90. The molecule has 7 heteroatoms. The molecule has 0 fully saturated rings. The number of carbonyl (C=O) groups excluding carboxylic acids is 1. The van der Waals surface area contributed by atoms with Gasteiger partial charge in [0.05, 0.1) is 19.4 Å². The number of benzene rings is 2. The van der Waals surface area contributed by atoms with E-state index in [-0.39, 0.29) is 5.91 Å². The number of methoxy groups -OCH3 is 1. The van der Waals surface area contributed by atoms with Crippen LogP contribution < -0.4 is 25.4 Å². The zero-order valence-electron chi connectivity index (χ0n) is 19.9. The summed E-state index contributed by atoms with van der Waals surface area (Å²) in [4.78, 5) is 15.8. The molecule has 2 rings (SSSR count). The second-order valence-electron chi connectivity index (χ2n) is 7.66. The van der Waals surface area contributed by atoms with Crippen molar-refractivity contribution in [3.8, 4) is 11.5 Å². The summed E-state index contributed by atoms with van der Waals surface area (Å²) >= 11 is 0. The van der Waals surface area contributed by atoms with E-state index in [1.54, 1.807) is 14.2 Å². The van der Waals surface area contributed by atoms with Crippen LogP contribution >= 0.6 is 0 Å². The topological polar surface area (TPSA) is 84.0 Å². The van der Waals surface area contributed by atoms with Crippen LogP contribution in [0.15, 0.2) is 41.4 Å². The van der Waals surface area contributed by atoms with Crippen LogP contribution in [0.25, 0.3) is 0 Å². The van der Waals surface area contributed by atoms with Gasteiger partial charge in [-0.15, -0.1) is 0 Å². The van der Waals surface area contributed by atoms with Crippen molar-refractivity contribution in [1.82, 2.24) is 10.6 Å². The zero-order chi connectivity index (χ0) is 23.3. The summed E-state index contributed by atoms with van der Waals surface area (Å²) in [5.41, 5.74) is 3.91. The van der Waals surface area contributed by atoms with Gasteiger partial charge < -0.3 is 25.4 Å². The molecular formula is C25H36N4O3. The lowest BCUT2D eigenvalue weighted by Crippen LogP contribution is -2.36. The number of aliphatic imine (C=N–C) groups is 1. The van der Waals surface area contributed by atoms with Crippen LogP contribution in [0.3, 0.4) is 0 Å². The minimum Gasteiger partial charge on any atom is -0.495 e. The minimum absolute atomic E-state index is 0.142. The molecule has 7 nitrogen and oxygen atoms in total. The van der Waals surface area contributed by atoms with Gasteiger partial charge in [-0.3, -0.25) is 9.79 Å². The first-order valence-electron chi connectivity index (χ1n) is 11.1. The molecule has 0 saturated heterocycles. The number of nitrogens with zero attached hydrogens (tertiary/aromatic N) is 1. The van der Waals surface area contributed by atoms with Crippen molar-refractivity contribution in [2.45, 2.75) is 53.1 Å². The maximum atomic E-state index is 11.5. The average molecular weight is 441 g/mol. The standard InChI is InChI=1S/C25H36N4O3/c1-6-7-8-13-32-24-14-18(2)9-11-21(24)17-28-25(26-4)27-16-20-10-12-23(31-5)22(15-20)29-19(3)30/h9-12,14-15H,6-8,13,16-17H2,1-5H3,(H,29,30)(H2,26,27,28). The lowest BCUT2D eigenvalue weighted by molar-refractivity contribution is -0.114. The van der Waals surface area contributed by atoms with Crippen molar-refractivity contribution in [2.75, 3.05) is 26.1 Å². The number of rotatable bonds is 11. The highest BCUT2D eigenvalue weighted by Gasteiger charge is 2.08. The molecule has 32 heavy (non-hydrogen) atoms. The van der Waals surface area contributed by atoms with Gasteiger partial charge in [-0.1, -0.05) is 38.0 Å². The molecule has 0 heterocycles. The summed E-state index contributed by atoms with van der Waals surface area (Å²) < 4.78 is 11.3. The van der Waals surface area contributed by atoms with Crippen molar-refractivity contribution >= 4 is 17.6 Å². The smallest absolute Gasteiger partial charge is 0.221 e. The van der Waals surface area contributed by atoms with Crippen molar-refractivity contribution in [3.63, 3.8) is 0 Å². The monoisotopic (exact) mass is 440 g/mol. The molecule has 3 N–H and O–H groups in total. The second kappa shape index (κ2) is 13.2. The molecular weight excluding hydrogens is 404 g/mol. The number of aryl methyl sites for hydroxylation is 1. The SMILES string of the molecule is CCCCCOc1cc(C)ccc1CNC(=NC)NCc1ccc(OC)c(NC(C)=O)c1. The van der Waals surface area contributed by atoms with Crippen LogP contribution in [0.4, 0.5) is 5.69 Å². The maximum absolute atomic E-state index is 11.5. The van der Waals surface area contributed by atoms with E-state index in [9.17, 15) is 4.79 Å². The molecule has 0 aliphatic heterocycles. The summed E-state index contributed by atoms with van der Waals surface area (Å²) in [5, 5.41) is 9.46. The van der Waals surface area contributed by atoms with Gasteiger partial charge in [0.2, 0.25) is 5.91 Å². The summed E-state index contributed by atoms with van der Waals surface area (Å²) in [6.07, 6.45) is 3.40. The van der Waals surface area contributed by atoms with Gasteiger partial charge in [0, 0.05) is 32.6 Å². The Balaban J connectivity index is 1.97. The maximum Gasteiger partial charge on any atom is 0.221 e. The number of carbonyl (C=O) groups is 1. The normalized spacial score (nSPS) is 11.1. The van der Waals surface area contributed by atoms with Crippen molar-refractivity contribution < 1.29 is 14.3 Å². The zero-order valence-corrected chi connectivity index (χ0v) is 19.9. The number of amides is 1. The third kappa shape index (κ3) is 8.13. The van der Waals surface area contributed by atoms with Crippen molar-refractivity contribution in [2.24, 2.45) is 4.99 Å². The fourth-order valence-corrected chi connectivity index (χ4v) is 3.21. The third-order valence-corrected chi connectivity index (χ3v) is 4.93. The van der Waals surface area contributed by atoms with E-state index in [1.165, 1.54) is 25.3 Å². The Morgan fingerprint density at radius 2 is 1.81 bits per heavy atom. The fraction of sp³-hybridized carbons (Fsp3) is 0.440. The summed E-state index contributed by atoms with van der Waals surface area (Å²) in [5.74, 6) is 2.08. The Hall–Kier alpha value is -3.22. The fourth-order valence-electron chi connectivity index (χ4n) is 3.21. The first kappa shape index (κ1) is 25.0. The van der Waals surface area contributed by atoms with E-state index in [2.05, 4.69) is 53.0 Å². The number of unbranched alkanes of at least 4 members (excludes halogenated alkanes) is 2. The van der Waals surface area contributed by atoms with Crippen LogP contribution in [-0.4, -0.2) is 32.6 Å². The first-order valence-corrected chi connectivity index (χ1v) is 11.1. The van der Waals surface area contributed by atoms with Crippen LogP contribution in [0.5, 0.6) is 11.5 Å². The van der Waals surface area contributed by atoms with Crippen LogP contribution in [0.2, 0.25) is 0 Å². The molecule has 0 aromatic heterocycles. The number of hydrogen-bond donors (Lipinski definition) is 3. The Labute approximate surface area is 191 Å². The highest BCUT2D eigenvalue weighted by Crippen LogP contribution is 2.25. The second-order valence-corrected chi connectivity index (χ2v) is 7.66. The Morgan fingerprint density at radius 1 is 1.03 bits per heavy atom. The molecule has 2 aromatic carbocycles. The van der Waals surface area contributed by atoms with Crippen molar-refractivity contribution in [3.05, 3.63) is 53.1 Å². The van der Waals surface area contributed by atoms with E-state index in [0.717, 1.165) is 29.9 Å². The molecule has 0 saturated carbocycles. The summed E-state index contributed by atoms with van der Waals surface area (Å²) in [6.45, 7) is 7.61. The Morgan fingerprint density at radius 3 is 2.50 bits per heavy atom. The first-order chi connectivity index (χ1) is 15.5. The van der Waals surface area contributed by atoms with Crippen LogP contribution in [0, 0.1) is 6.92 Å². The average Bonchev–Trinajstić information content (AvgIpc) is 2.77. The van der Waals surface area contributed by atoms with Crippen molar-refractivity contribution in [1.29, 1.82) is 0 Å². The van der Waals surface area contributed by atoms with Gasteiger partial charge in [0.25, 0.3) is 0 Å². The van der Waals surface area contributed by atoms with E-state index in [1.807, 2.05) is 18.2 Å². The van der Waals surface area contributed by atoms with E-state index >= 15 is 0 Å². The van der Waals surface area contributed by atoms with E-state index in [4.69, 9.17) is 9.47 Å². The summed E-state index contributed by atoms with van der Waals surface area (Å²) in [7, 11) is 3.32. The lowest BCUT2D eigenvalue weighted by Gasteiger charge is -2.16. The number of ether oxygens (including phenoxy) is 2. The Kier molecular flexibility index (Phi) is 10.4. The lowest BCUT2D eigenvalue weighted by atomic mass is 10.1. The number of anilines is 1. The third-order valence-electron chi connectivity index (χ3n) is 4.93.